The first-order valence-corrected chi connectivity index (χ1v) is 7.17. The minimum Gasteiger partial charge on any atom is -0.491 e. The molecular formula is C11H12Cl2N4OS. The zero-order valence-electron chi connectivity index (χ0n) is 10.1. The van der Waals surface area contributed by atoms with Crippen LogP contribution in [0.3, 0.4) is 0 Å². The van der Waals surface area contributed by atoms with E-state index in [9.17, 15) is 0 Å². The number of nitrogen functional groups attached to an aromatic ring is 1. The molecule has 0 bridgehead atoms. The highest BCUT2D eigenvalue weighted by molar-refractivity contribution is 7.99. The number of anilines is 1. The molecule has 1 aromatic heterocycles. The number of benzene rings is 1. The lowest BCUT2D eigenvalue weighted by molar-refractivity contribution is 0.344. The van der Waals surface area contributed by atoms with Crippen LogP contribution in [0.5, 0.6) is 5.75 Å². The van der Waals surface area contributed by atoms with E-state index in [0.717, 1.165) is 5.16 Å². The smallest absolute Gasteiger partial charge is 0.222 e. The van der Waals surface area contributed by atoms with Crippen molar-refractivity contribution in [2.45, 2.75) is 5.16 Å². The van der Waals surface area contributed by atoms with Crippen molar-refractivity contribution in [3.63, 3.8) is 0 Å². The summed E-state index contributed by atoms with van der Waals surface area (Å²) in [5.74, 6) is 1.67. The average Bonchev–Trinajstić information content (AvgIpc) is 2.70. The second-order valence-electron chi connectivity index (χ2n) is 3.67. The number of rotatable bonds is 5. The third-order valence-corrected chi connectivity index (χ3v) is 3.87. The van der Waals surface area contributed by atoms with E-state index < -0.39 is 0 Å². The maximum absolute atomic E-state index is 5.99. The molecule has 2 N–H and O–H groups in total. The highest BCUT2D eigenvalue weighted by Gasteiger charge is 2.06. The standard InChI is InChI=1S/C11H12Cl2N4OS/c1-17-10(14)15-16-11(17)19-5-4-18-9-6-7(12)2-3-8(9)13/h2-3,6H,4-5H2,1H3,(H2,14,15). The minimum atomic E-state index is 0.390. The molecule has 2 rings (SSSR count). The lowest BCUT2D eigenvalue weighted by Crippen LogP contribution is -2.03. The number of ether oxygens (including phenoxy) is 1. The van der Waals surface area contributed by atoms with E-state index in [1.807, 2.05) is 7.05 Å². The highest BCUT2D eigenvalue weighted by Crippen LogP contribution is 2.28. The average molecular weight is 319 g/mol. The Morgan fingerprint density at radius 1 is 1.37 bits per heavy atom. The molecule has 1 aromatic carbocycles. The maximum Gasteiger partial charge on any atom is 0.222 e. The fourth-order valence-corrected chi connectivity index (χ4v) is 2.39. The molecule has 102 valence electrons. The molecule has 0 fully saturated rings. The van der Waals surface area contributed by atoms with Gasteiger partial charge in [0.2, 0.25) is 5.95 Å². The Morgan fingerprint density at radius 2 is 2.16 bits per heavy atom. The summed E-state index contributed by atoms with van der Waals surface area (Å²) >= 11 is 13.4. The molecule has 0 aliphatic carbocycles. The molecule has 0 saturated carbocycles. The van der Waals surface area contributed by atoms with Gasteiger partial charge in [-0.3, -0.25) is 4.57 Å². The van der Waals surface area contributed by atoms with Crippen LogP contribution in [-0.4, -0.2) is 27.1 Å². The molecule has 0 aliphatic heterocycles. The van der Waals surface area contributed by atoms with Crippen LogP contribution in [0.25, 0.3) is 0 Å². The maximum atomic E-state index is 5.99. The molecular weight excluding hydrogens is 307 g/mol. The first kappa shape index (κ1) is 14.3. The number of nitrogens with zero attached hydrogens (tertiary/aromatic N) is 3. The van der Waals surface area contributed by atoms with Gasteiger partial charge in [0.1, 0.15) is 5.75 Å². The molecule has 2 aromatic rings. The van der Waals surface area contributed by atoms with E-state index in [-0.39, 0.29) is 0 Å². The van der Waals surface area contributed by atoms with E-state index in [1.54, 1.807) is 22.8 Å². The lowest BCUT2D eigenvalue weighted by Gasteiger charge is -2.07. The number of hydrogen-bond acceptors (Lipinski definition) is 5. The van der Waals surface area contributed by atoms with Crippen molar-refractivity contribution in [3.05, 3.63) is 28.2 Å². The predicted molar refractivity (Wildman–Crippen MR) is 78.1 cm³/mol. The van der Waals surface area contributed by atoms with Crippen molar-refractivity contribution < 1.29 is 4.74 Å². The quantitative estimate of drug-likeness (QED) is 0.678. The molecule has 0 unspecified atom stereocenters. The van der Waals surface area contributed by atoms with Gasteiger partial charge >= 0.3 is 0 Å². The van der Waals surface area contributed by atoms with Crippen molar-refractivity contribution in [1.29, 1.82) is 0 Å². The Bertz CT molecular complexity index is 576. The molecule has 19 heavy (non-hydrogen) atoms. The third kappa shape index (κ3) is 3.68. The van der Waals surface area contributed by atoms with Crippen molar-refractivity contribution in [3.8, 4) is 5.75 Å². The lowest BCUT2D eigenvalue weighted by atomic mass is 10.3. The van der Waals surface area contributed by atoms with Gasteiger partial charge in [0.15, 0.2) is 5.16 Å². The van der Waals surface area contributed by atoms with Gasteiger partial charge in [0, 0.05) is 23.9 Å². The Balaban J connectivity index is 1.84. The summed E-state index contributed by atoms with van der Waals surface area (Å²) in [5.41, 5.74) is 5.59. The molecule has 0 amide bonds. The first-order chi connectivity index (χ1) is 9.08. The fourth-order valence-electron chi connectivity index (χ4n) is 1.32. The monoisotopic (exact) mass is 318 g/mol. The molecule has 0 atom stereocenters. The topological polar surface area (TPSA) is 66.0 Å². The summed E-state index contributed by atoms with van der Waals surface area (Å²) in [6.45, 7) is 0.484. The second kappa shape index (κ2) is 6.36. The minimum absolute atomic E-state index is 0.390. The van der Waals surface area contributed by atoms with Crippen LogP contribution < -0.4 is 10.5 Å². The van der Waals surface area contributed by atoms with Gasteiger partial charge < -0.3 is 10.5 Å². The fraction of sp³-hybridized carbons (Fsp3) is 0.273. The molecule has 8 heteroatoms. The Morgan fingerprint density at radius 3 is 2.84 bits per heavy atom. The van der Waals surface area contributed by atoms with Crippen LogP contribution in [0.15, 0.2) is 23.4 Å². The van der Waals surface area contributed by atoms with Crippen LogP contribution in [0.2, 0.25) is 10.0 Å². The second-order valence-corrected chi connectivity index (χ2v) is 5.58. The molecule has 0 radical (unpaired) electrons. The van der Waals surface area contributed by atoms with Gasteiger partial charge in [0.05, 0.1) is 11.6 Å². The van der Waals surface area contributed by atoms with Crippen LogP contribution in [0, 0.1) is 0 Å². The van der Waals surface area contributed by atoms with Crippen LogP contribution in [-0.2, 0) is 7.05 Å². The van der Waals surface area contributed by atoms with E-state index in [4.69, 9.17) is 33.7 Å². The van der Waals surface area contributed by atoms with Gasteiger partial charge in [-0.1, -0.05) is 35.0 Å². The van der Waals surface area contributed by atoms with Crippen LogP contribution >= 0.6 is 35.0 Å². The Labute approximate surface area is 125 Å². The van der Waals surface area contributed by atoms with E-state index in [1.165, 1.54) is 11.8 Å². The largest absolute Gasteiger partial charge is 0.491 e. The van der Waals surface area contributed by atoms with Gasteiger partial charge in [0.25, 0.3) is 0 Å². The van der Waals surface area contributed by atoms with Gasteiger partial charge in [-0.15, -0.1) is 10.2 Å². The van der Waals surface area contributed by atoms with Crippen LogP contribution in [0.4, 0.5) is 5.95 Å². The summed E-state index contributed by atoms with van der Waals surface area (Å²) in [4.78, 5) is 0. The van der Waals surface area contributed by atoms with Crippen molar-refractivity contribution >= 4 is 40.9 Å². The molecule has 0 aliphatic rings. The summed E-state index contributed by atoms with van der Waals surface area (Å²) in [7, 11) is 1.81. The molecule has 0 spiro atoms. The summed E-state index contributed by atoms with van der Waals surface area (Å²) in [5, 5.41) is 9.59. The summed E-state index contributed by atoms with van der Waals surface area (Å²) < 4.78 is 7.28. The molecule has 5 nitrogen and oxygen atoms in total. The first-order valence-electron chi connectivity index (χ1n) is 5.43. The van der Waals surface area contributed by atoms with E-state index in [2.05, 4.69) is 10.2 Å². The molecule has 0 saturated heterocycles. The van der Waals surface area contributed by atoms with Gasteiger partial charge in [-0.2, -0.15) is 0 Å². The third-order valence-electron chi connectivity index (χ3n) is 2.33. The summed E-state index contributed by atoms with van der Waals surface area (Å²) in [6, 6.07) is 5.11. The number of halogens is 2. The molecule has 1 heterocycles. The zero-order valence-corrected chi connectivity index (χ0v) is 12.5. The van der Waals surface area contributed by atoms with E-state index in [0.29, 0.717) is 34.1 Å². The van der Waals surface area contributed by atoms with E-state index >= 15 is 0 Å². The van der Waals surface area contributed by atoms with Crippen molar-refractivity contribution in [2.75, 3.05) is 18.1 Å². The highest BCUT2D eigenvalue weighted by atomic mass is 35.5. The van der Waals surface area contributed by atoms with Gasteiger partial charge in [-0.05, 0) is 12.1 Å². The SMILES string of the molecule is Cn1c(N)nnc1SCCOc1cc(Cl)ccc1Cl. The zero-order chi connectivity index (χ0) is 13.8. The number of hydrogen-bond donors (Lipinski definition) is 1. The Hall–Kier alpha value is -1.11. The number of thioether (sulfide) groups is 1. The summed E-state index contributed by atoms with van der Waals surface area (Å²) in [6.07, 6.45) is 0. The predicted octanol–water partition coefficient (Wildman–Crippen LogP) is 2.88. The van der Waals surface area contributed by atoms with Crippen molar-refractivity contribution in [1.82, 2.24) is 14.8 Å². The Kier molecular flexibility index (Phi) is 4.79. The number of aromatic nitrogens is 3. The van der Waals surface area contributed by atoms with Gasteiger partial charge in [-0.25, -0.2) is 0 Å². The van der Waals surface area contributed by atoms with Crippen molar-refractivity contribution in [2.24, 2.45) is 7.05 Å². The normalized spacial score (nSPS) is 10.7. The number of nitrogens with two attached hydrogens (primary N) is 1. The van der Waals surface area contributed by atoms with Crippen LogP contribution in [0.1, 0.15) is 0 Å².